The molecule has 1 amide bonds. The summed E-state index contributed by atoms with van der Waals surface area (Å²) in [5.41, 5.74) is 10.7. The molecule has 0 aliphatic carbocycles. The molecule has 0 saturated carbocycles. The minimum absolute atomic E-state index is 0.0717. The topological polar surface area (TPSA) is 136 Å². The van der Waals surface area contributed by atoms with Crippen LogP contribution in [0, 0.1) is 4.91 Å². The molecule has 0 bridgehead atoms. The van der Waals surface area contributed by atoms with Crippen molar-refractivity contribution in [3.8, 4) is 0 Å². The molecule has 13 heavy (non-hydrogen) atoms. The zero-order chi connectivity index (χ0) is 9.84. The molecule has 0 atom stereocenters. The van der Waals surface area contributed by atoms with Crippen LogP contribution in [-0.4, -0.2) is 16.4 Å². The first-order valence-corrected chi connectivity index (χ1v) is 3.15. The molecule has 1 heterocycles. The zero-order valence-electron chi connectivity index (χ0n) is 6.39. The Hall–Kier alpha value is -2.25. The highest BCUT2D eigenvalue weighted by molar-refractivity contribution is 5.85. The molecule has 8 nitrogen and oxygen atoms in total. The van der Waals surface area contributed by atoms with E-state index in [9.17, 15) is 9.70 Å². The van der Waals surface area contributed by atoms with Gasteiger partial charge in [0.05, 0.1) is 0 Å². The third kappa shape index (κ3) is 1.67. The second-order valence-electron chi connectivity index (χ2n) is 2.02. The molecule has 0 fully saturated rings. The van der Waals surface area contributed by atoms with Crippen LogP contribution in [0.3, 0.4) is 0 Å². The van der Waals surface area contributed by atoms with Crippen LogP contribution in [0.1, 0.15) is 0 Å². The number of carbonyl (C=O) groups is 1. The average molecular weight is 182 g/mol. The van der Waals surface area contributed by atoms with Gasteiger partial charge in [0.2, 0.25) is 6.41 Å². The van der Waals surface area contributed by atoms with Gasteiger partial charge in [0.1, 0.15) is 5.69 Å². The predicted molar refractivity (Wildman–Crippen MR) is 46.0 cm³/mol. The van der Waals surface area contributed by atoms with Crippen LogP contribution in [0.5, 0.6) is 0 Å². The molecule has 1 aromatic rings. The molecule has 0 radical (unpaired) electrons. The molecule has 0 aliphatic heterocycles. The van der Waals surface area contributed by atoms with E-state index in [-0.39, 0.29) is 23.3 Å². The van der Waals surface area contributed by atoms with E-state index in [0.717, 1.165) is 0 Å². The van der Waals surface area contributed by atoms with Crippen molar-refractivity contribution in [2.45, 2.75) is 0 Å². The van der Waals surface area contributed by atoms with Gasteiger partial charge in [0.15, 0.2) is 11.6 Å². The number of hydrogen-bond donors (Lipinski definition) is 3. The van der Waals surface area contributed by atoms with Crippen LogP contribution in [0.2, 0.25) is 0 Å². The van der Waals surface area contributed by atoms with Crippen LogP contribution in [0.15, 0.2) is 5.18 Å². The van der Waals surface area contributed by atoms with Gasteiger partial charge in [0.25, 0.3) is 5.95 Å². The molecule has 0 aliphatic rings. The number of carbonyl (C=O) groups excluding carboxylic acids is 1. The summed E-state index contributed by atoms with van der Waals surface area (Å²) in [5, 5.41) is 4.64. The molecule has 68 valence electrons. The average Bonchev–Trinajstić information content (AvgIpc) is 2.11. The minimum atomic E-state index is -0.369. The number of nitrogens with zero attached hydrogens (tertiary/aromatic N) is 3. The van der Waals surface area contributed by atoms with E-state index >= 15 is 0 Å². The number of nitrogen functional groups attached to an aromatic ring is 2. The van der Waals surface area contributed by atoms with Crippen molar-refractivity contribution >= 4 is 29.7 Å². The van der Waals surface area contributed by atoms with Gasteiger partial charge in [-0.25, -0.2) is 0 Å². The highest BCUT2D eigenvalue weighted by atomic mass is 16.3. The Morgan fingerprint density at radius 3 is 2.23 bits per heavy atom. The van der Waals surface area contributed by atoms with E-state index in [4.69, 9.17) is 11.5 Å². The van der Waals surface area contributed by atoms with Crippen LogP contribution < -0.4 is 16.8 Å². The second-order valence-corrected chi connectivity index (χ2v) is 2.02. The molecule has 0 unspecified atom stereocenters. The monoisotopic (exact) mass is 182 g/mol. The summed E-state index contributed by atoms with van der Waals surface area (Å²) >= 11 is 0. The lowest BCUT2D eigenvalue weighted by molar-refractivity contribution is -0.105. The maximum Gasteiger partial charge on any atom is 0.295 e. The quantitative estimate of drug-likeness (QED) is 0.430. The fourth-order valence-corrected chi connectivity index (χ4v) is 0.731. The number of nitroso groups, excluding NO2 is 1. The summed E-state index contributed by atoms with van der Waals surface area (Å²) in [6.45, 7) is 0. The van der Waals surface area contributed by atoms with Gasteiger partial charge in [0, 0.05) is 5.18 Å². The number of aromatic nitrogens is 2. The Bertz CT molecular complexity index is 328. The number of anilines is 3. The lowest BCUT2D eigenvalue weighted by atomic mass is 10.4. The second kappa shape index (κ2) is 3.43. The van der Waals surface area contributed by atoms with Gasteiger partial charge < -0.3 is 16.8 Å². The van der Waals surface area contributed by atoms with Crippen LogP contribution in [-0.2, 0) is 4.79 Å². The summed E-state index contributed by atoms with van der Waals surface area (Å²) in [6.07, 6.45) is 0.374. The molecular formula is C5H6N6O2. The molecule has 8 heteroatoms. The van der Waals surface area contributed by atoms with Crippen LogP contribution in [0.25, 0.3) is 0 Å². The van der Waals surface area contributed by atoms with Crippen molar-refractivity contribution in [3.05, 3.63) is 4.91 Å². The van der Waals surface area contributed by atoms with Crippen molar-refractivity contribution in [3.63, 3.8) is 0 Å². The molecule has 0 spiro atoms. The molecule has 1 rings (SSSR count). The van der Waals surface area contributed by atoms with E-state index in [1.807, 2.05) is 0 Å². The van der Waals surface area contributed by atoms with E-state index in [2.05, 4.69) is 20.5 Å². The number of hydrogen-bond acceptors (Lipinski definition) is 7. The van der Waals surface area contributed by atoms with Crippen LogP contribution >= 0.6 is 0 Å². The predicted octanol–water partition coefficient (Wildman–Crippen LogP) is -0.393. The summed E-state index contributed by atoms with van der Waals surface area (Å²) in [4.78, 5) is 27.0. The molecule has 5 N–H and O–H groups in total. The normalized spacial score (nSPS) is 9.23. The Balaban J connectivity index is 3.21. The standard InChI is InChI=1S/C5H6N6O2/c6-3-2(8-1-12)4(7)10-5(9-3)11-13/h1H,(H,8,12)(H4,6,7,9,10). The summed E-state index contributed by atoms with van der Waals surface area (Å²) < 4.78 is 0. The van der Waals surface area contributed by atoms with Crippen LogP contribution in [0.4, 0.5) is 23.3 Å². The van der Waals surface area contributed by atoms with Crippen molar-refractivity contribution < 1.29 is 4.79 Å². The third-order valence-electron chi connectivity index (χ3n) is 1.24. The van der Waals surface area contributed by atoms with Gasteiger partial charge in [-0.2, -0.15) is 9.97 Å². The summed E-state index contributed by atoms with van der Waals surface area (Å²) in [6, 6.07) is 0. The van der Waals surface area contributed by atoms with Crippen molar-refractivity contribution in [2.24, 2.45) is 5.18 Å². The van der Waals surface area contributed by atoms with Gasteiger partial charge in [-0.1, -0.05) is 0 Å². The Kier molecular flexibility index (Phi) is 2.33. The third-order valence-corrected chi connectivity index (χ3v) is 1.24. The van der Waals surface area contributed by atoms with Crippen molar-refractivity contribution in [2.75, 3.05) is 16.8 Å². The fourth-order valence-electron chi connectivity index (χ4n) is 0.731. The Morgan fingerprint density at radius 1 is 1.31 bits per heavy atom. The number of nitrogens with one attached hydrogen (secondary N) is 1. The molecule has 0 saturated heterocycles. The van der Waals surface area contributed by atoms with E-state index in [1.54, 1.807) is 0 Å². The first-order chi connectivity index (χ1) is 6.19. The van der Waals surface area contributed by atoms with Gasteiger partial charge in [-0.05, 0) is 0 Å². The number of amides is 1. The summed E-state index contributed by atoms with van der Waals surface area (Å²) in [5.74, 6) is -0.574. The number of nitrogens with two attached hydrogens (primary N) is 2. The SMILES string of the molecule is Nc1nc(N=O)nc(N)c1NC=O. The lowest BCUT2D eigenvalue weighted by Crippen LogP contribution is -2.06. The molecule has 1 aromatic heterocycles. The molecule has 0 aromatic carbocycles. The largest absolute Gasteiger partial charge is 0.382 e. The highest BCUT2D eigenvalue weighted by Gasteiger charge is 2.08. The maximum absolute atomic E-state index is 10.1. The highest BCUT2D eigenvalue weighted by Crippen LogP contribution is 2.23. The van der Waals surface area contributed by atoms with E-state index in [1.165, 1.54) is 0 Å². The Morgan fingerprint density at radius 2 is 1.85 bits per heavy atom. The lowest BCUT2D eigenvalue weighted by Gasteiger charge is -2.04. The van der Waals surface area contributed by atoms with E-state index in [0.29, 0.717) is 6.41 Å². The molecular weight excluding hydrogens is 176 g/mol. The number of rotatable bonds is 3. The van der Waals surface area contributed by atoms with Crippen molar-refractivity contribution in [1.29, 1.82) is 0 Å². The minimum Gasteiger partial charge on any atom is -0.382 e. The first-order valence-electron chi connectivity index (χ1n) is 3.15. The fraction of sp³-hybridized carbons (Fsp3) is 0. The Labute approximate surface area is 72.3 Å². The van der Waals surface area contributed by atoms with Crippen molar-refractivity contribution in [1.82, 2.24) is 9.97 Å². The zero-order valence-corrected chi connectivity index (χ0v) is 6.39. The van der Waals surface area contributed by atoms with Gasteiger partial charge >= 0.3 is 0 Å². The van der Waals surface area contributed by atoms with Gasteiger partial charge in [-0.3, -0.25) is 4.79 Å². The van der Waals surface area contributed by atoms with Gasteiger partial charge in [-0.15, -0.1) is 4.91 Å². The first kappa shape index (κ1) is 8.84. The maximum atomic E-state index is 10.1. The van der Waals surface area contributed by atoms with E-state index < -0.39 is 0 Å². The summed E-state index contributed by atoms with van der Waals surface area (Å²) in [7, 11) is 0. The smallest absolute Gasteiger partial charge is 0.295 e.